The minimum Gasteiger partial charge on any atom is -0.491 e. The number of hydrogen-bond donors (Lipinski definition) is 2. The maximum atomic E-state index is 12.0. The molecule has 0 heterocycles. The van der Waals surface area contributed by atoms with E-state index in [-0.39, 0.29) is 19.2 Å². The van der Waals surface area contributed by atoms with Gasteiger partial charge in [0.15, 0.2) is 0 Å². The van der Waals surface area contributed by atoms with Gasteiger partial charge < -0.3 is 20.1 Å². The first-order valence-electron chi connectivity index (χ1n) is 7.15. The van der Waals surface area contributed by atoms with Crippen LogP contribution in [-0.4, -0.2) is 42.8 Å². The van der Waals surface area contributed by atoms with Gasteiger partial charge in [0, 0.05) is 18.6 Å². The van der Waals surface area contributed by atoms with Gasteiger partial charge in [-0.15, -0.1) is 0 Å². The van der Waals surface area contributed by atoms with Crippen LogP contribution in [0.15, 0.2) is 18.2 Å². The van der Waals surface area contributed by atoms with Crippen molar-refractivity contribution < 1.29 is 14.6 Å². The van der Waals surface area contributed by atoms with Gasteiger partial charge in [-0.05, 0) is 37.0 Å². The summed E-state index contributed by atoms with van der Waals surface area (Å²) in [5, 5.41) is 12.2. The Morgan fingerprint density at radius 2 is 2.29 bits per heavy atom. The first-order valence-corrected chi connectivity index (χ1v) is 7.53. The molecular formula is C15H21ClN2O3. The van der Waals surface area contributed by atoms with E-state index in [0.29, 0.717) is 29.0 Å². The minimum atomic E-state index is -0.306. The summed E-state index contributed by atoms with van der Waals surface area (Å²) in [6.07, 6.45) is 3.67. The van der Waals surface area contributed by atoms with Gasteiger partial charge in [-0.2, -0.15) is 0 Å². The van der Waals surface area contributed by atoms with Gasteiger partial charge in [0.1, 0.15) is 5.75 Å². The third-order valence-electron chi connectivity index (χ3n) is 3.66. The molecule has 1 saturated carbocycles. The molecule has 0 bridgehead atoms. The number of carbonyl (C=O) groups is 1. The Balaban J connectivity index is 2.01. The largest absolute Gasteiger partial charge is 0.491 e. The summed E-state index contributed by atoms with van der Waals surface area (Å²) in [5.41, 5.74) is 0.552. The van der Waals surface area contributed by atoms with Crippen LogP contribution in [0.2, 0.25) is 5.02 Å². The summed E-state index contributed by atoms with van der Waals surface area (Å²) < 4.78 is 5.80. The zero-order valence-electron chi connectivity index (χ0n) is 12.1. The first-order chi connectivity index (χ1) is 10.1. The number of rotatable bonds is 6. The number of aliphatic hydroxyl groups excluding tert-OH is 1. The molecule has 5 nitrogen and oxygen atoms in total. The number of amides is 2. The number of nitrogens with zero attached hydrogens (tertiary/aromatic N) is 1. The van der Waals surface area contributed by atoms with Gasteiger partial charge in [-0.3, -0.25) is 0 Å². The molecular weight excluding hydrogens is 292 g/mol. The molecule has 0 saturated heterocycles. The SMILES string of the molecule is CN(CCO)C(=O)Nc1cc(Cl)ccc1OCC1CCC1. The predicted molar refractivity (Wildman–Crippen MR) is 83.0 cm³/mol. The second-order valence-electron chi connectivity index (χ2n) is 5.32. The summed E-state index contributed by atoms with van der Waals surface area (Å²) in [6.45, 7) is 0.853. The Labute approximate surface area is 129 Å². The Bertz CT molecular complexity index is 492. The Hall–Kier alpha value is -1.46. The number of halogens is 1. The quantitative estimate of drug-likeness (QED) is 0.849. The van der Waals surface area contributed by atoms with Crippen molar-refractivity contribution in [1.29, 1.82) is 0 Å². The van der Waals surface area contributed by atoms with Crippen molar-refractivity contribution in [3.63, 3.8) is 0 Å². The van der Waals surface area contributed by atoms with Crippen molar-refractivity contribution in [2.24, 2.45) is 5.92 Å². The van der Waals surface area contributed by atoms with Gasteiger partial charge in [0.25, 0.3) is 0 Å². The second kappa shape index (κ2) is 7.52. The van der Waals surface area contributed by atoms with Crippen molar-refractivity contribution >= 4 is 23.3 Å². The van der Waals surface area contributed by atoms with Crippen LogP contribution in [0.5, 0.6) is 5.75 Å². The number of likely N-dealkylation sites (N-methyl/N-ethyl adjacent to an activating group) is 1. The molecule has 116 valence electrons. The van der Waals surface area contributed by atoms with Crippen LogP contribution < -0.4 is 10.1 Å². The van der Waals surface area contributed by atoms with E-state index < -0.39 is 0 Å². The van der Waals surface area contributed by atoms with Crippen LogP contribution in [0.25, 0.3) is 0 Å². The van der Waals surface area contributed by atoms with E-state index in [1.807, 2.05) is 0 Å². The van der Waals surface area contributed by atoms with Gasteiger partial charge in [0.2, 0.25) is 0 Å². The van der Waals surface area contributed by atoms with Crippen LogP contribution in [0.4, 0.5) is 10.5 Å². The highest BCUT2D eigenvalue weighted by Crippen LogP contribution is 2.31. The molecule has 2 rings (SSSR count). The van der Waals surface area contributed by atoms with Crippen LogP contribution in [0.1, 0.15) is 19.3 Å². The molecule has 0 aliphatic heterocycles. The topological polar surface area (TPSA) is 61.8 Å². The molecule has 1 fully saturated rings. The van der Waals surface area contributed by atoms with Crippen LogP contribution in [0, 0.1) is 5.92 Å². The maximum Gasteiger partial charge on any atom is 0.321 e. The third kappa shape index (κ3) is 4.51. The molecule has 0 aromatic heterocycles. The van der Waals surface area contributed by atoms with E-state index in [4.69, 9.17) is 21.4 Å². The molecule has 1 aliphatic carbocycles. The summed E-state index contributed by atoms with van der Waals surface area (Å²) in [4.78, 5) is 13.4. The van der Waals surface area contributed by atoms with E-state index in [9.17, 15) is 4.79 Å². The lowest BCUT2D eigenvalue weighted by atomic mass is 9.86. The number of anilines is 1. The lowest BCUT2D eigenvalue weighted by molar-refractivity contribution is 0.181. The standard InChI is InChI=1S/C15H21ClN2O3/c1-18(7-8-19)15(20)17-13-9-12(16)5-6-14(13)21-10-11-3-2-4-11/h5-6,9,11,19H,2-4,7-8,10H2,1H3,(H,17,20). The average molecular weight is 313 g/mol. The number of nitrogens with one attached hydrogen (secondary N) is 1. The van der Waals surface area contributed by atoms with Gasteiger partial charge >= 0.3 is 6.03 Å². The number of carbonyl (C=O) groups excluding carboxylic acids is 1. The predicted octanol–water partition coefficient (Wildman–Crippen LogP) is 2.97. The van der Waals surface area contributed by atoms with E-state index in [1.54, 1.807) is 25.2 Å². The minimum absolute atomic E-state index is 0.0789. The zero-order chi connectivity index (χ0) is 15.2. The van der Waals surface area contributed by atoms with Crippen LogP contribution in [-0.2, 0) is 0 Å². The van der Waals surface area contributed by atoms with Crippen LogP contribution in [0.3, 0.4) is 0 Å². The van der Waals surface area contributed by atoms with Crippen molar-refractivity contribution in [2.45, 2.75) is 19.3 Å². The molecule has 0 atom stereocenters. The number of urea groups is 1. The molecule has 1 aliphatic rings. The molecule has 2 amide bonds. The van der Waals surface area contributed by atoms with Gasteiger partial charge in [-0.1, -0.05) is 18.0 Å². The van der Waals surface area contributed by atoms with Crippen molar-refractivity contribution in [1.82, 2.24) is 4.90 Å². The molecule has 6 heteroatoms. The molecule has 1 aromatic rings. The first kappa shape index (κ1) is 15.9. The Morgan fingerprint density at radius 1 is 1.52 bits per heavy atom. The Morgan fingerprint density at radius 3 is 2.90 bits per heavy atom. The van der Waals surface area contributed by atoms with Crippen LogP contribution >= 0.6 is 11.6 Å². The molecule has 0 radical (unpaired) electrons. The lowest BCUT2D eigenvalue weighted by Crippen LogP contribution is -2.33. The lowest BCUT2D eigenvalue weighted by Gasteiger charge is -2.26. The van der Waals surface area contributed by atoms with Crippen molar-refractivity contribution in [3.05, 3.63) is 23.2 Å². The number of aliphatic hydroxyl groups is 1. The highest BCUT2D eigenvalue weighted by Gasteiger charge is 2.19. The summed E-state index contributed by atoms with van der Waals surface area (Å²) in [7, 11) is 1.62. The van der Waals surface area contributed by atoms with E-state index in [0.717, 1.165) is 0 Å². The van der Waals surface area contributed by atoms with Gasteiger partial charge in [-0.25, -0.2) is 4.79 Å². The molecule has 0 unspecified atom stereocenters. The Kier molecular flexibility index (Phi) is 5.70. The smallest absolute Gasteiger partial charge is 0.321 e. The maximum absolute atomic E-state index is 12.0. The fraction of sp³-hybridized carbons (Fsp3) is 0.533. The molecule has 2 N–H and O–H groups in total. The highest BCUT2D eigenvalue weighted by molar-refractivity contribution is 6.31. The summed E-state index contributed by atoms with van der Waals surface area (Å²) in [6, 6.07) is 4.87. The number of hydrogen-bond acceptors (Lipinski definition) is 3. The number of benzene rings is 1. The van der Waals surface area contributed by atoms with E-state index in [2.05, 4.69) is 5.32 Å². The average Bonchev–Trinajstić information content (AvgIpc) is 2.39. The normalized spacial score (nSPS) is 14.4. The number of ether oxygens (including phenoxy) is 1. The summed E-state index contributed by atoms with van der Waals surface area (Å²) in [5.74, 6) is 1.23. The van der Waals surface area contributed by atoms with E-state index in [1.165, 1.54) is 24.2 Å². The fourth-order valence-electron chi connectivity index (χ4n) is 2.06. The highest BCUT2D eigenvalue weighted by atomic mass is 35.5. The van der Waals surface area contributed by atoms with Gasteiger partial charge in [0.05, 0.1) is 18.9 Å². The monoisotopic (exact) mass is 312 g/mol. The fourth-order valence-corrected chi connectivity index (χ4v) is 2.23. The third-order valence-corrected chi connectivity index (χ3v) is 3.90. The summed E-state index contributed by atoms with van der Waals surface area (Å²) >= 11 is 5.98. The van der Waals surface area contributed by atoms with E-state index >= 15 is 0 Å². The zero-order valence-corrected chi connectivity index (χ0v) is 12.9. The second-order valence-corrected chi connectivity index (χ2v) is 5.76. The van der Waals surface area contributed by atoms with Crippen molar-refractivity contribution in [3.8, 4) is 5.75 Å². The van der Waals surface area contributed by atoms with Crippen molar-refractivity contribution in [2.75, 3.05) is 32.1 Å². The molecule has 1 aromatic carbocycles. The molecule has 21 heavy (non-hydrogen) atoms. The molecule has 0 spiro atoms.